The molecule has 2 aliphatic rings. The number of ketones is 1. The summed E-state index contributed by atoms with van der Waals surface area (Å²) in [4.78, 5) is 11.4. The van der Waals surface area contributed by atoms with Crippen LogP contribution in [0.3, 0.4) is 0 Å². The van der Waals surface area contributed by atoms with Crippen molar-refractivity contribution in [1.82, 2.24) is 0 Å². The van der Waals surface area contributed by atoms with Crippen LogP contribution in [0.25, 0.3) is 0 Å². The minimum Gasteiger partial charge on any atom is -0.376 e. The lowest BCUT2D eigenvalue weighted by molar-refractivity contribution is -0.146. The summed E-state index contributed by atoms with van der Waals surface area (Å²) in [6, 6.07) is 0. The van der Waals surface area contributed by atoms with Crippen LogP contribution >= 0.6 is 0 Å². The van der Waals surface area contributed by atoms with E-state index in [0.29, 0.717) is 25.7 Å². The molecular weight excluding hydrogens is 144 g/mol. The second-order valence-electron chi connectivity index (χ2n) is 3.11. The first-order valence-corrected chi connectivity index (χ1v) is 4.11. The highest BCUT2D eigenvalue weighted by atomic mass is 16.6. The molecule has 11 heavy (non-hydrogen) atoms. The molecule has 1 aliphatic carbocycles. The quantitative estimate of drug-likeness (QED) is 0.580. The van der Waals surface area contributed by atoms with E-state index in [4.69, 9.17) is 9.47 Å². The van der Waals surface area contributed by atoms with Gasteiger partial charge in [0.2, 0.25) is 0 Å². The Hall–Kier alpha value is -0.410. The zero-order valence-electron chi connectivity index (χ0n) is 6.41. The molecule has 1 unspecified atom stereocenters. The van der Waals surface area contributed by atoms with Crippen molar-refractivity contribution in [2.45, 2.75) is 18.9 Å². The van der Waals surface area contributed by atoms with Gasteiger partial charge in [-0.3, -0.25) is 4.79 Å². The topological polar surface area (TPSA) is 35.5 Å². The van der Waals surface area contributed by atoms with E-state index >= 15 is 0 Å². The minimum atomic E-state index is -0.253. The highest BCUT2D eigenvalue weighted by Crippen LogP contribution is 2.31. The van der Waals surface area contributed by atoms with Gasteiger partial charge in [0.15, 0.2) is 5.78 Å². The van der Waals surface area contributed by atoms with E-state index in [0.717, 1.165) is 12.8 Å². The highest BCUT2D eigenvalue weighted by molar-refractivity contribution is 5.87. The molecule has 2 fully saturated rings. The van der Waals surface area contributed by atoms with Crippen LogP contribution in [0, 0.1) is 5.92 Å². The zero-order valence-corrected chi connectivity index (χ0v) is 6.41. The molecule has 0 bridgehead atoms. The van der Waals surface area contributed by atoms with Gasteiger partial charge in [-0.25, -0.2) is 0 Å². The molecule has 0 aromatic carbocycles. The zero-order chi connectivity index (χ0) is 7.68. The Morgan fingerprint density at radius 2 is 2.09 bits per heavy atom. The van der Waals surface area contributed by atoms with Crippen LogP contribution in [0.4, 0.5) is 0 Å². The number of Topliss-reactive ketones (excluding diaryl/α,β-unsaturated/α-hetero) is 1. The van der Waals surface area contributed by atoms with Crippen LogP contribution in [0.5, 0.6) is 0 Å². The first kappa shape index (κ1) is 7.25. The summed E-state index contributed by atoms with van der Waals surface area (Å²) in [7, 11) is 0. The third-order valence-electron chi connectivity index (χ3n) is 2.11. The molecule has 0 N–H and O–H groups in total. The Bertz CT molecular complexity index is 157. The van der Waals surface area contributed by atoms with Crippen molar-refractivity contribution in [2.24, 2.45) is 5.92 Å². The maximum atomic E-state index is 11.4. The summed E-state index contributed by atoms with van der Waals surface area (Å²) in [6.45, 7) is 1.67. The molecule has 1 heterocycles. The third kappa shape index (κ3) is 1.60. The van der Waals surface area contributed by atoms with Gasteiger partial charge in [0.25, 0.3) is 0 Å². The van der Waals surface area contributed by atoms with Gasteiger partial charge in [0.1, 0.15) is 6.10 Å². The molecule has 0 amide bonds. The molecule has 0 aromatic rings. The van der Waals surface area contributed by atoms with Gasteiger partial charge in [0, 0.05) is 5.92 Å². The number of hydrogen-bond acceptors (Lipinski definition) is 3. The fourth-order valence-electron chi connectivity index (χ4n) is 1.28. The molecule has 0 spiro atoms. The lowest BCUT2D eigenvalue weighted by atomic mass is 10.1. The van der Waals surface area contributed by atoms with Gasteiger partial charge in [-0.15, -0.1) is 0 Å². The molecule has 0 aromatic heterocycles. The van der Waals surface area contributed by atoms with Crippen molar-refractivity contribution < 1.29 is 14.3 Å². The fourth-order valence-corrected chi connectivity index (χ4v) is 1.28. The van der Waals surface area contributed by atoms with Crippen molar-refractivity contribution in [3.8, 4) is 0 Å². The summed E-state index contributed by atoms with van der Waals surface area (Å²) in [5.41, 5.74) is 0. The first-order chi connectivity index (χ1) is 5.38. The van der Waals surface area contributed by atoms with Crippen molar-refractivity contribution in [2.75, 3.05) is 19.8 Å². The van der Waals surface area contributed by atoms with Crippen molar-refractivity contribution >= 4 is 5.78 Å². The highest BCUT2D eigenvalue weighted by Gasteiger charge is 2.36. The Morgan fingerprint density at radius 1 is 1.27 bits per heavy atom. The van der Waals surface area contributed by atoms with Gasteiger partial charge in [-0.1, -0.05) is 0 Å². The van der Waals surface area contributed by atoms with Gasteiger partial charge in [-0.2, -0.15) is 0 Å². The number of rotatable bonds is 2. The monoisotopic (exact) mass is 156 g/mol. The van der Waals surface area contributed by atoms with Crippen molar-refractivity contribution in [3.05, 3.63) is 0 Å². The Labute approximate surface area is 65.7 Å². The molecule has 1 atom stereocenters. The predicted molar refractivity (Wildman–Crippen MR) is 38.3 cm³/mol. The maximum absolute atomic E-state index is 11.4. The summed E-state index contributed by atoms with van der Waals surface area (Å²) in [5.74, 6) is 0.548. The maximum Gasteiger partial charge on any atom is 0.166 e. The van der Waals surface area contributed by atoms with E-state index in [1.807, 2.05) is 0 Å². The van der Waals surface area contributed by atoms with Crippen LogP contribution in [0.15, 0.2) is 0 Å². The lowest BCUT2D eigenvalue weighted by Crippen LogP contribution is -2.36. The van der Waals surface area contributed by atoms with E-state index < -0.39 is 0 Å². The van der Waals surface area contributed by atoms with Gasteiger partial charge in [-0.05, 0) is 12.8 Å². The molecule has 0 radical (unpaired) electrons. The molecule has 62 valence electrons. The normalized spacial score (nSPS) is 31.8. The van der Waals surface area contributed by atoms with Crippen molar-refractivity contribution in [3.63, 3.8) is 0 Å². The second kappa shape index (κ2) is 2.91. The first-order valence-electron chi connectivity index (χ1n) is 4.11. The number of carbonyl (C=O) groups is 1. The van der Waals surface area contributed by atoms with Crippen LogP contribution in [-0.2, 0) is 14.3 Å². The van der Waals surface area contributed by atoms with Gasteiger partial charge < -0.3 is 9.47 Å². The summed E-state index contributed by atoms with van der Waals surface area (Å²) < 4.78 is 10.4. The van der Waals surface area contributed by atoms with E-state index in [1.165, 1.54) is 0 Å². The Balaban J connectivity index is 1.86. The molecule has 1 saturated heterocycles. The number of ether oxygens (including phenoxy) is 2. The van der Waals surface area contributed by atoms with E-state index in [9.17, 15) is 4.79 Å². The lowest BCUT2D eigenvalue weighted by Gasteiger charge is -2.21. The summed E-state index contributed by atoms with van der Waals surface area (Å²) in [5, 5.41) is 0. The Morgan fingerprint density at radius 3 is 2.64 bits per heavy atom. The van der Waals surface area contributed by atoms with Crippen LogP contribution in [0.2, 0.25) is 0 Å². The van der Waals surface area contributed by atoms with Gasteiger partial charge in [0.05, 0.1) is 19.8 Å². The standard InChI is InChI=1S/C8H12O3/c9-8(6-1-2-6)7-5-10-3-4-11-7/h6-7H,1-5H2. The molecule has 3 nitrogen and oxygen atoms in total. The number of hydrogen-bond donors (Lipinski definition) is 0. The molecular formula is C8H12O3. The molecule has 2 rings (SSSR count). The largest absolute Gasteiger partial charge is 0.376 e. The van der Waals surface area contributed by atoms with E-state index in [-0.39, 0.29) is 11.9 Å². The smallest absolute Gasteiger partial charge is 0.166 e. The molecule has 1 saturated carbocycles. The van der Waals surface area contributed by atoms with Gasteiger partial charge >= 0.3 is 0 Å². The van der Waals surface area contributed by atoms with E-state index in [1.54, 1.807) is 0 Å². The fraction of sp³-hybridized carbons (Fsp3) is 0.875. The van der Waals surface area contributed by atoms with Crippen LogP contribution < -0.4 is 0 Å². The molecule has 3 heteroatoms. The average molecular weight is 156 g/mol. The summed E-state index contributed by atoms with van der Waals surface area (Å²) in [6.07, 6.45) is 1.86. The van der Waals surface area contributed by atoms with Crippen molar-refractivity contribution in [1.29, 1.82) is 0 Å². The summed E-state index contributed by atoms with van der Waals surface area (Å²) >= 11 is 0. The van der Waals surface area contributed by atoms with E-state index in [2.05, 4.69) is 0 Å². The minimum absolute atomic E-state index is 0.253. The third-order valence-corrected chi connectivity index (χ3v) is 2.11. The predicted octanol–water partition coefficient (Wildman–Crippen LogP) is 0.381. The van der Waals surface area contributed by atoms with Crippen LogP contribution in [0.1, 0.15) is 12.8 Å². The van der Waals surface area contributed by atoms with Crippen LogP contribution in [-0.4, -0.2) is 31.7 Å². The number of carbonyl (C=O) groups excluding carboxylic acids is 1. The second-order valence-corrected chi connectivity index (χ2v) is 3.11. The Kier molecular flexibility index (Phi) is 1.92. The molecule has 1 aliphatic heterocycles. The average Bonchev–Trinajstić information content (AvgIpc) is 2.87. The SMILES string of the molecule is O=C(C1CC1)C1COCCO1.